The lowest BCUT2D eigenvalue weighted by atomic mass is 9.98. The lowest BCUT2D eigenvalue weighted by Crippen LogP contribution is -2.51. The zero-order valence-electron chi connectivity index (χ0n) is 19.0. The molecule has 2 aliphatic rings. The molecule has 4 amide bonds. The Morgan fingerprint density at radius 1 is 0.829 bits per heavy atom. The molecule has 1 N–H and O–H groups in total. The van der Waals surface area contributed by atoms with Gasteiger partial charge in [-0.2, -0.15) is 0 Å². The third-order valence-corrected chi connectivity index (χ3v) is 6.49. The molecule has 7 nitrogen and oxygen atoms in total. The Morgan fingerprint density at radius 2 is 1.37 bits per heavy atom. The molecule has 3 aromatic rings. The normalized spacial score (nSPS) is 15.5. The van der Waals surface area contributed by atoms with Gasteiger partial charge in [0.25, 0.3) is 5.91 Å². The molecule has 0 radical (unpaired) electrons. The number of carbonyl (C=O) groups excluding carboxylic acids is 4. The Hall–Kier alpha value is -4.26. The summed E-state index contributed by atoms with van der Waals surface area (Å²) in [6.45, 7) is 0.0910. The number of benzene rings is 3. The van der Waals surface area contributed by atoms with Crippen LogP contribution in [0.3, 0.4) is 0 Å². The van der Waals surface area contributed by atoms with Crippen molar-refractivity contribution < 1.29 is 23.9 Å². The number of imide groups is 3. The Morgan fingerprint density at radius 3 is 1.97 bits per heavy atom. The molecular formula is C28H24N2O5. The highest BCUT2D eigenvalue weighted by molar-refractivity contribution is 6.16. The van der Waals surface area contributed by atoms with Gasteiger partial charge >= 0.3 is 6.09 Å². The number of nitrogens with zero attached hydrogens (tertiary/aromatic N) is 1. The van der Waals surface area contributed by atoms with Crippen molar-refractivity contribution in [2.24, 2.45) is 0 Å². The van der Waals surface area contributed by atoms with Crippen LogP contribution in [-0.4, -0.2) is 41.4 Å². The summed E-state index contributed by atoms with van der Waals surface area (Å²) < 4.78 is 5.58. The number of carbonyl (C=O) groups is 4. The zero-order chi connectivity index (χ0) is 24.4. The summed E-state index contributed by atoms with van der Waals surface area (Å²) in [6, 6.07) is 24.0. The molecule has 1 saturated heterocycles. The molecule has 0 unspecified atom stereocenters. The fourth-order valence-electron chi connectivity index (χ4n) is 4.81. The van der Waals surface area contributed by atoms with E-state index in [0.29, 0.717) is 4.90 Å². The predicted octanol–water partition coefficient (Wildman–Crippen LogP) is 3.81. The standard InChI is InChI=1S/C28H24N2O5/c31-25-14-15-26(32)30(25)27(33)24(16-18-8-2-1-3-9-18)29-28(34)35-17-23-21-12-6-4-10-19(21)20-11-5-7-13-22(20)23/h1-13,23-24H,14-17H2,(H,29,34)/t24-/m0/s1. The van der Waals surface area contributed by atoms with Crippen molar-refractivity contribution >= 4 is 23.8 Å². The van der Waals surface area contributed by atoms with Crippen molar-refractivity contribution in [2.75, 3.05) is 6.61 Å². The van der Waals surface area contributed by atoms with Crippen LogP contribution >= 0.6 is 0 Å². The van der Waals surface area contributed by atoms with E-state index >= 15 is 0 Å². The van der Waals surface area contributed by atoms with Crippen LogP contribution in [0.25, 0.3) is 11.1 Å². The van der Waals surface area contributed by atoms with Crippen LogP contribution in [0.5, 0.6) is 0 Å². The Bertz CT molecular complexity index is 1240. The second kappa shape index (κ2) is 9.54. The summed E-state index contributed by atoms with van der Waals surface area (Å²) in [7, 11) is 0. The summed E-state index contributed by atoms with van der Waals surface area (Å²) in [5.41, 5.74) is 5.16. The molecule has 7 heteroatoms. The van der Waals surface area contributed by atoms with Crippen molar-refractivity contribution in [3.63, 3.8) is 0 Å². The lowest BCUT2D eigenvalue weighted by molar-refractivity contribution is -0.150. The highest BCUT2D eigenvalue weighted by Gasteiger charge is 2.39. The van der Waals surface area contributed by atoms with Crippen LogP contribution in [-0.2, 0) is 25.5 Å². The minimum absolute atomic E-state index is 0.00637. The predicted molar refractivity (Wildman–Crippen MR) is 128 cm³/mol. The molecule has 1 heterocycles. The fraction of sp³-hybridized carbons (Fsp3) is 0.214. The molecular weight excluding hydrogens is 444 g/mol. The number of hydrogen-bond acceptors (Lipinski definition) is 5. The van der Waals surface area contributed by atoms with Gasteiger partial charge in [-0.1, -0.05) is 78.9 Å². The molecule has 0 saturated carbocycles. The van der Waals surface area contributed by atoms with E-state index in [9.17, 15) is 19.2 Å². The third kappa shape index (κ3) is 4.45. The van der Waals surface area contributed by atoms with Crippen LogP contribution in [0.2, 0.25) is 0 Å². The molecule has 0 aromatic heterocycles. The number of fused-ring (bicyclic) bond motifs is 3. The zero-order valence-corrected chi connectivity index (χ0v) is 19.0. The van der Waals surface area contributed by atoms with Crippen molar-refractivity contribution in [3.8, 4) is 11.1 Å². The molecule has 1 fully saturated rings. The van der Waals surface area contributed by atoms with Crippen LogP contribution in [0.4, 0.5) is 4.79 Å². The molecule has 5 rings (SSSR count). The van der Waals surface area contributed by atoms with Crippen molar-refractivity contribution in [1.82, 2.24) is 10.2 Å². The average Bonchev–Trinajstić information content (AvgIpc) is 3.38. The lowest BCUT2D eigenvalue weighted by Gasteiger charge is -2.22. The molecule has 1 aliphatic heterocycles. The number of rotatable bonds is 6. The Balaban J connectivity index is 1.32. The van der Waals surface area contributed by atoms with Crippen LogP contribution in [0, 0.1) is 0 Å². The third-order valence-electron chi connectivity index (χ3n) is 6.49. The molecule has 1 atom stereocenters. The van der Waals surface area contributed by atoms with Crippen LogP contribution < -0.4 is 5.32 Å². The summed E-state index contributed by atoms with van der Waals surface area (Å²) in [4.78, 5) is 50.9. The van der Waals surface area contributed by atoms with Gasteiger partial charge < -0.3 is 10.1 Å². The SMILES string of the molecule is O=C(N[C@@H](Cc1ccccc1)C(=O)N1C(=O)CCC1=O)OCC1c2ccccc2-c2ccccc21. The first kappa shape index (κ1) is 22.5. The van der Waals surface area contributed by atoms with E-state index in [2.05, 4.69) is 5.32 Å². The smallest absolute Gasteiger partial charge is 0.407 e. The first-order valence-corrected chi connectivity index (χ1v) is 11.6. The number of nitrogens with one attached hydrogen (secondary N) is 1. The van der Waals surface area contributed by atoms with Gasteiger partial charge in [0.15, 0.2) is 0 Å². The van der Waals surface area contributed by atoms with Gasteiger partial charge in [-0.3, -0.25) is 14.4 Å². The monoisotopic (exact) mass is 468 g/mol. The van der Waals surface area contributed by atoms with Gasteiger partial charge in [-0.25, -0.2) is 9.69 Å². The summed E-state index contributed by atoms with van der Waals surface area (Å²) in [6.07, 6.45) is -0.664. The maximum atomic E-state index is 13.1. The molecule has 3 aromatic carbocycles. The molecule has 176 valence electrons. The largest absolute Gasteiger partial charge is 0.449 e. The number of hydrogen-bond donors (Lipinski definition) is 1. The summed E-state index contributed by atoms with van der Waals surface area (Å²) in [5, 5.41) is 2.60. The number of alkyl carbamates (subject to hydrolysis) is 1. The van der Waals surface area contributed by atoms with Gasteiger partial charge in [-0.15, -0.1) is 0 Å². The van der Waals surface area contributed by atoms with Gasteiger partial charge in [0, 0.05) is 25.2 Å². The Labute approximate surface area is 202 Å². The van der Waals surface area contributed by atoms with Crippen molar-refractivity contribution in [3.05, 3.63) is 95.6 Å². The van der Waals surface area contributed by atoms with Crippen molar-refractivity contribution in [2.45, 2.75) is 31.2 Å². The molecule has 1 aliphatic carbocycles. The van der Waals surface area contributed by atoms with E-state index < -0.39 is 29.9 Å². The van der Waals surface area contributed by atoms with E-state index in [0.717, 1.165) is 27.8 Å². The Kier molecular flexibility index (Phi) is 6.14. The maximum absolute atomic E-state index is 13.1. The molecule has 0 spiro atoms. The van der Waals surface area contributed by atoms with Gasteiger partial charge in [0.1, 0.15) is 12.6 Å². The topological polar surface area (TPSA) is 92.8 Å². The first-order chi connectivity index (χ1) is 17.0. The minimum atomic E-state index is -1.11. The van der Waals surface area contributed by atoms with Crippen LogP contribution in [0.15, 0.2) is 78.9 Å². The average molecular weight is 469 g/mol. The second-order valence-electron chi connectivity index (χ2n) is 8.67. The fourth-order valence-corrected chi connectivity index (χ4v) is 4.81. The van der Waals surface area contributed by atoms with Gasteiger partial charge in [0.2, 0.25) is 11.8 Å². The highest BCUT2D eigenvalue weighted by Crippen LogP contribution is 2.44. The highest BCUT2D eigenvalue weighted by atomic mass is 16.5. The molecule has 35 heavy (non-hydrogen) atoms. The van der Waals surface area contributed by atoms with E-state index in [1.54, 1.807) is 0 Å². The van der Waals surface area contributed by atoms with Crippen molar-refractivity contribution in [1.29, 1.82) is 0 Å². The van der Waals surface area contributed by atoms with E-state index in [1.165, 1.54) is 0 Å². The number of amides is 4. The maximum Gasteiger partial charge on any atom is 0.407 e. The van der Waals surface area contributed by atoms with E-state index in [1.807, 2.05) is 78.9 Å². The van der Waals surface area contributed by atoms with Gasteiger partial charge in [0.05, 0.1) is 0 Å². The van der Waals surface area contributed by atoms with E-state index in [4.69, 9.17) is 4.74 Å². The first-order valence-electron chi connectivity index (χ1n) is 11.6. The molecule has 0 bridgehead atoms. The number of likely N-dealkylation sites (tertiary alicyclic amines) is 1. The summed E-state index contributed by atoms with van der Waals surface area (Å²) >= 11 is 0. The summed E-state index contributed by atoms with van der Waals surface area (Å²) in [5.74, 6) is -1.96. The van der Waals surface area contributed by atoms with Crippen LogP contribution in [0.1, 0.15) is 35.4 Å². The minimum Gasteiger partial charge on any atom is -0.449 e. The second-order valence-corrected chi connectivity index (χ2v) is 8.67. The van der Waals surface area contributed by atoms with E-state index in [-0.39, 0.29) is 31.8 Å². The number of ether oxygens (including phenoxy) is 1. The quantitative estimate of drug-likeness (QED) is 0.556. The van der Waals surface area contributed by atoms with Gasteiger partial charge in [-0.05, 0) is 27.8 Å².